The maximum atomic E-state index is 12.0. The van der Waals surface area contributed by atoms with E-state index >= 15 is 0 Å². The van der Waals surface area contributed by atoms with Crippen molar-refractivity contribution in [2.75, 3.05) is 0 Å². The number of thiazole rings is 1. The van der Waals surface area contributed by atoms with Gasteiger partial charge in [-0.3, -0.25) is 0 Å². The number of aryl methyl sites for hydroxylation is 1. The van der Waals surface area contributed by atoms with Gasteiger partial charge >= 0.3 is 5.69 Å². The van der Waals surface area contributed by atoms with Crippen molar-refractivity contribution >= 4 is 17.4 Å². The zero-order chi connectivity index (χ0) is 16.4. The van der Waals surface area contributed by atoms with Crippen molar-refractivity contribution in [2.45, 2.75) is 6.61 Å². The molecule has 0 fully saturated rings. The third-order valence-corrected chi connectivity index (χ3v) is 3.41. The van der Waals surface area contributed by atoms with Crippen molar-refractivity contribution < 1.29 is 6.11 Å². The number of hydrogen-bond acceptors (Lipinski definition) is 8. The van der Waals surface area contributed by atoms with Crippen LogP contribution in [0.2, 0.25) is 0 Å². The van der Waals surface area contributed by atoms with Crippen LogP contribution in [0.1, 0.15) is 12.6 Å². The van der Waals surface area contributed by atoms with Crippen molar-refractivity contribution in [1.29, 1.82) is 0 Å². The highest BCUT2D eigenvalue weighted by Crippen LogP contribution is 2.19. The lowest BCUT2D eigenvalue weighted by Crippen LogP contribution is -2.24. The van der Waals surface area contributed by atoms with Crippen molar-refractivity contribution in [3.63, 3.8) is 0 Å². The molecule has 10 heteroatoms. The molecule has 9 nitrogen and oxygen atoms in total. The second kappa shape index (κ2) is 5.85. The van der Waals surface area contributed by atoms with Gasteiger partial charge in [0.25, 0.3) is 5.19 Å². The van der Waals surface area contributed by atoms with Crippen LogP contribution in [0, 0.1) is 0 Å². The average Bonchev–Trinajstić information content (AvgIpc) is 3.11. The summed E-state index contributed by atoms with van der Waals surface area (Å²) in [5, 5.41) is 9.33. The zero-order valence-electron chi connectivity index (χ0n) is 12.5. The first kappa shape index (κ1) is 12.8. The summed E-state index contributed by atoms with van der Waals surface area (Å²) in [6.45, 7) is 3.74. The molecule has 0 aromatic carbocycles. The van der Waals surface area contributed by atoms with Crippen LogP contribution in [0.5, 0.6) is 5.19 Å². The van der Waals surface area contributed by atoms with E-state index in [4.69, 9.17) is 6.11 Å². The Morgan fingerprint density at radius 3 is 2.95 bits per heavy atom. The Morgan fingerprint density at radius 1 is 1.45 bits per heavy atom. The summed E-state index contributed by atoms with van der Waals surface area (Å²) in [5.74, 6) is 0.260. The highest BCUT2D eigenvalue weighted by atomic mass is 32.1. The van der Waals surface area contributed by atoms with Gasteiger partial charge in [0, 0.05) is 18.6 Å². The Hall–Kier alpha value is -2.88. The van der Waals surface area contributed by atoms with Gasteiger partial charge in [0.1, 0.15) is 12.9 Å². The summed E-state index contributed by atoms with van der Waals surface area (Å²) in [7, 11) is 1.49. The molecule has 0 radical (unpaired) electrons. The Kier molecular flexibility index (Phi) is 3.41. The first-order chi connectivity index (χ1) is 11.1. The van der Waals surface area contributed by atoms with Crippen LogP contribution in [-0.4, -0.2) is 34.7 Å². The van der Waals surface area contributed by atoms with Gasteiger partial charge in [0.05, 0.1) is 12.6 Å². The standard InChI is InChI=1S/C12H11N7O2S/c1-3-9-8(6-21-11-13-4-5-22-11)10(15-7-14-9)19-12(20)18(2)16-17-19/h3-5,7H,1,6H2,2H3/i4T. The molecule has 3 heterocycles. The Labute approximate surface area is 129 Å². The summed E-state index contributed by atoms with van der Waals surface area (Å²) in [5.41, 5.74) is 0.588. The van der Waals surface area contributed by atoms with Gasteiger partial charge in [0.15, 0.2) is 5.82 Å². The van der Waals surface area contributed by atoms with E-state index in [2.05, 4.69) is 32.0 Å². The SMILES string of the molecule is [3H]c1csc(OCc2c(C=C)ncnc2-n2nnn(C)c2=O)n1. The van der Waals surface area contributed by atoms with E-state index < -0.39 is 5.69 Å². The number of nitrogens with zero attached hydrogens (tertiary/aromatic N) is 7. The molecular formula is C12H11N7O2S. The largest absolute Gasteiger partial charge is 0.465 e. The Bertz CT molecular complexity index is 916. The first-order valence-electron chi connectivity index (χ1n) is 6.60. The molecule has 0 aliphatic heterocycles. The molecule has 0 N–H and O–H groups in total. The zero-order valence-corrected chi connectivity index (χ0v) is 12.3. The number of aromatic nitrogens is 7. The van der Waals surface area contributed by atoms with E-state index in [1.807, 2.05) is 0 Å². The molecule has 0 saturated heterocycles. The van der Waals surface area contributed by atoms with Gasteiger partial charge < -0.3 is 4.74 Å². The van der Waals surface area contributed by atoms with Crippen LogP contribution >= 0.6 is 11.3 Å². The summed E-state index contributed by atoms with van der Waals surface area (Å²) >= 11 is 1.20. The van der Waals surface area contributed by atoms with Crippen LogP contribution in [0.15, 0.2) is 29.3 Å². The Balaban J connectivity index is 2.01. The molecule has 0 aliphatic carbocycles. The van der Waals surface area contributed by atoms with E-state index in [0.717, 1.165) is 9.36 Å². The first-order valence-corrected chi connectivity index (χ1v) is 6.98. The predicted molar refractivity (Wildman–Crippen MR) is 78.7 cm³/mol. The maximum absolute atomic E-state index is 12.0. The third kappa shape index (κ3) is 2.51. The summed E-state index contributed by atoms with van der Waals surface area (Å²) in [4.78, 5) is 24.1. The van der Waals surface area contributed by atoms with Crippen molar-refractivity contribution in [3.8, 4) is 11.0 Å². The molecule has 112 valence electrons. The van der Waals surface area contributed by atoms with E-state index in [-0.39, 0.29) is 18.6 Å². The lowest BCUT2D eigenvalue weighted by Gasteiger charge is -2.09. The smallest absolute Gasteiger partial charge is 0.369 e. The topological polar surface area (TPSA) is 101 Å². The van der Waals surface area contributed by atoms with Crippen LogP contribution in [0.25, 0.3) is 11.9 Å². The van der Waals surface area contributed by atoms with Gasteiger partial charge in [-0.25, -0.2) is 19.7 Å². The lowest BCUT2D eigenvalue weighted by molar-refractivity contribution is 0.302. The molecule has 3 aromatic heterocycles. The fourth-order valence-corrected chi connectivity index (χ4v) is 2.18. The highest BCUT2D eigenvalue weighted by molar-refractivity contribution is 7.11. The summed E-state index contributed by atoms with van der Waals surface area (Å²) in [6, 6.07) is 0. The summed E-state index contributed by atoms with van der Waals surface area (Å²) in [6.07, 6.45) is 2.97. The number of hydrogen-bond donors (Lipinski definition) is 0. The quantitative estimate of drug-likeness (QED) is 0.672. The minimum atomic E-state index is -0.442. The van der Waals surface area contributed by atoms with Crippen LogP contribution < -0.4 is 10.4 Å². The minimum Gasteiger partial charge on any atom is -0.465 e. The van der Waals surface area contributed by atoms with E-state index in [1.165, 1.54) is 30.8 Å². The molecule has 0 saturated carbocycles. The fraction of sp³-hybridized carbons (Fsp3) is 0.167. The van der Waals surface area contributed by atoms with E-state index in [9.17, 15) is 4.79 Å². The molecule has 22 heavy (non-hydrogen) atoms. The van der Waals surface area contributed by atoms with Gasteiger partial charge in [-0.15, -0.1) is 4.68 Å². The molecule has 0 unspecified atom stereocenters. The fourth-order valence-electron chi connectivity index (χ4n) is 1.74. The van der Waals surface area contributed by atoms with E-state index in [0.29, 0.717) is 16.5 Å². The number of tetrazole rings is 1. The van der Waals surface area contributed by atoms with Gasteiger partial charge in [-0.05, 0) is 16.5 Å². The Morgan fingerprint density at radius 2 is 2.32 bits per heavy atom. The van der Waals surface area contributed by atoms with Crippen molar-refractivity contribution in [3.05, 3.63) is 46.2 Å². The minimum absolute atomic E-state index is 0.0491. The molecule has 0 atom stereocenters. The van der Waals surface area contributed by atoms with E-state index in [1.54, 1.807) is 5.38 Å². The molecule has 0 aliphatic rings. The third-order valence-electron chi connectivity index (χ3n) is 2.78. The van der Waals surface area contributed by atoms with Crippen molar-refractivity contribution in [2.24, 2.45) is 7.05 Å². The monoisotopic (exact) mass is 319 g/mol. The molecule has 3 aromatic rings. The molecule has 0 bridgehead atoms. The molecule has 0 amide bonds. The molecule has 3 rings (SSSR count). The van der Waals surface area contributed by atoms with Gasteiger partial charge in [-0.1, -0.05) is 17.9 Å². The van der Waals surface area contributed by atoms with Crippen LogP contribution in [-0.2, 0) is 13.7 Å². The maximum Gasteiger partial charge on any atom is 0.369 e. The number of ether oxygens (including phenoxy) is 1. The van der Waals surface area contributed by atoms with Crippen molar-refractivity contribution in [1.82, 2.24) is 34.7 Å². The second-order valence-corrected chi connectivity index (χ2v) is 4.91. The number of rotatable bonds is 5. The van der Waals surface area contributed by atoms with Crippen LogP contribution in [0.3, 0.4) is 0 Å². The second-order valence-electron chi connectivity index (χ2n) is 4.09. The molecule has 0 spiro atoms. The average molecular weight is 319 g/mol. The molecular weight excluding hydrogens is 306 g/mol. The normalized spacial score (nSPS) is 11.2. The van der Waals surface area contributed by atoms with Gasteiger partial charge in [0.2, 0.25) is 0 Å². The lowest BCUT2D eigenvalue weighted by atomic mass is 10.2. The van der Waals surface area contributed by atoms with Gasteiger partial charge in [-0.2, -0.15) is 4.68 Å². The predicted octanol–water partition coefficient (Wildman–Crippen LogP) is 0.434. The van der Waals surface area contributed by atoms with Crippen LogP contribution in [0.4, 0.5) is 0 Å². The summed E-state index contributed by atoms with van der Waals surface area (Å²) < 4.78 is 15.1. The highest BCUT2D eigenvalue weighted by Gasteiger charge is 2.16.